The van der Waals surface area contributed by atoms with Crippen molar-refractivity contribution in [1.29, 1.82) is 0 Å². The second kappa shape index (κ2) is 7.35. The molecule has 1 saturated carbocycles. The normalized spacial score (nSPS) is 19.0. The van der Waals surface area contributed by atoms with E-state index < -0.39 is 0 Å². The summed E-state index contributed by atoms with van der Waals surface area (Å²) in [4.78, 5) is 38.0. The van der Waals surface area contributed by atoms with Crippen LogP contribution >= 0.6 is 0 Å². The molecular formula is C19H25N3O3. The third kappa shape index (κ3) is 3.58. The molecule has 1 aromatic rings. The quantitative estimate of drug-likeness (QED) is 0.769. The van der Waals surface area contributed by atoms with Gasteiger partial charge in [0.25, 0.3) is 11.8 Å². The van der Waals surface area contributed by atoms with Gasteiger partial charge in [-0.1, -0.05) is 31.4 Å². The maximum absolute atomic E-state index is 12.3. The van der Waals surface area contributed by atoms with Crippen LogP contribution in [-0.2, 0) is 4.79 Å². The van der Waals surface area contributed by atoms with Crippen LogP contribution in [0.4, 0.5) is 0 Å². The summed E-state index contributed by atoms with van der Waals surface area (Å²) in [6, 6.07) is 6.79. The third-order valence-electron chi connectivity index (χ3n) is 5.42. The number of nitrogens with zero attached hydrogens (tertiary/aromatic N) is 1. The van der Waals surface area contributed by atoms with E-state index in [4.69, 9.17) is 5.73 Å². The molecule has 25 heavy (non-hydrogen) atoms. The minimum Gasteiger partial charge on any atom is -0.354 e. The van der Waals surface area contributed by atoms with Crippen molar-refractivity contribution in [3.8, 4) is 0 Å². The third-order valence-corrected chi connectivity index (χ3v) is 5.42. The second-order valence-electron chi connectivity index (χ2n) is 7.10. The first-order chi connectivity index (χ1) is 12.1. The SMILES string of the molecule is NCC1(CC(=O)NCCN2C(=O)c3ccccc3C2=O)CCCCC1. The first kappa shape index (κ1) is 17.6. The number of nitrogens with two attached hydrogens (primary N) is 1. The van der Waals surface area contributed by atoms with Crippen molar-refractivity contribution in [2.24, 2.45) is 11.1 Å². The van der Waals surface area contributed by atoms with E-state index in [1.807, 2.05) is 0 Å². The molecule has 1 heterocycles. The molecule has 0 radical (unpaired) electrons. The highest BCUT2D eigenvalue weighted by molar-refractivity contribution is 6.21. The molecule has 0 unspecified atom stereocenters. The first-order valence-corrected chi connectivity index (χ1v) is 8.98. The molecule has 6 nitrogen and oxygen atoms in total. The largest absolute Gasteiger partial charge is 0.354 e. The Kier molecular flexibility index (Phi) is 5.18. The van der Waals surface area contributed by atoms with Crippen molar-refractivity contribution < 1.29 is 14.4 Å². The number of imide groups is 1. The van der Waals surface area contributed by atoms with Gasteiger partial charge in [0.15, 0.2) is 0 Å². The maximum Gasteiger partial charge on any atom is 0.261 e. The molecule has 1 aromatic carbocycles. The van der Waals surface area contributed by atoms with Gasteiger partial charge in [0, 0.05) is 19.5 Å². The number of nitrogens with one attached hydrogen (secondary N) is 1. The zero-order valence-electron chi connectivity index (χ0n) is 14.4. The molecule has 6 heteroatoms. The van der Waals surface area contributed by atoms with Crippen LogP contribution in [0.15, 0.2) is 24.3 Å². The Hall–Kier alpha value is -2.21. The van der Waals surface area contributed by atoms with Crippen LogP contribution in [0, 0.1) is 5.41 Å². The summed E-state index contributed by atoms with van der Waals surface area (Å²) in [7, 11) is 0. The molecule has 3 N–H and O–H groups in total. The fourth-order valence-electron chi connectivity index (χ4n) is 3.91. The summed E-state index contributed by atoms with van der Waals surface area (Å²) >= 11 is 0. The van der Waals surface area contributed by atoms with Crippen molar-refractivity contribution in [2.75, 3.05) is 19.6 Å². The molecule has 0 spiro atoms. The van der Waals surface area contributed by atoms with E-state index in [1.165, 1.54) is 11.3 Å². The smallest absolute Gasteiger partial charge is 0.261 e. The number of hydrogen-bond donors (Lipinski definition) is 2. The maximum atomic E-state index is 12.3. The van der Waals surface area contributed by atoms with Crippen LogP contribution in [0.5, 0.6) is 0 Å². The minimum absolute atomic E-state index is 0.0519. The van der Waals surface area contributed by atoms with Gasteiger partial charge in [0.1, 0.15) is 0 Å². The van der Waals surface area contributed by atoms with E-state index in [1.54, 1.807) is 24.3 Å². The molecule has 1 aliphatic heterocycles. The van der Waals surface area contributed by atoms with Gasteiger partial charge in [-0.3, -0.25) is 19.3 Å². The number of carbonyl (C=O) groups is 3. The lowest BCUT2D eigenvalue weighted by molar-refractivity contribution is -0.123. The molecule has 3 rings (SSSR count). The van der Waals surface area contributed by atoms with Crippen molar-refractivity contribution in [1.82, 2.24) is 10.2 Å². The zero-order valence-corrected chi connectivity index (χ0v) is 14.4. The average Bonchev–Trinajstić information content (AvgIpc) is 2.88. The standard InChI is InChI=1S/C19H25N3O3/c20-13-19(8-4-1-5-9-19)12-16(23)21-10-11-22-17(24)14-6-2-3-7-15(14)18(22)25/h2-3,6-7H,1,4-5,8-13,20H2,(H,21,23). The van der Waals surface area contributed by atoms with Crippen LogP contribution in [0.25, 0.3) is 0 Å². The Morgan fingerprint density at radius 2 is 1.68 bits per heavy atom. The van der Waals surface area contributed by atoms with Crippen molar-refractivity contribution >= 4 is 17.7 Å². The van der Waals surface area contributed by atoms with Gasteiger partial charge in [-0.25, -0.2) is 0 Å². The van der Waals surface area contributed by atoms with Crippen LogP contribution < -0.4 is 11.1 Å². The summed E-state index contributed by atoms with van der Waals surface area (Å²) in [5, 5.41) is 2.84. The summed E-state index contributed by atoms with van der Waals surface area (Å²) < 4.78 is 0. The number of benzene rings is 1. The van der Waals surface area contributed by atoms with Crippen LogP contribution in [0.2, 0.25) is 0 Å². The highest BCUT2D eigenvalue weighted by atomic mass is 16.2. The van der Waals surface area contributed by atoms with Crippen LogP contribution in [-0.4, -0.2) is 42.3 Å². The van der Waals surface area contributed by atoms with E-state index in [2.05, 4.69) is 5.32 Å². The van der Waals surface area contributed by atoms with E-state index in [0.717, 1.165) is 25.7 Å². The number of fused-ring (bicyclic) bond motifs is 1. The molecule has 1 aliphatic carbocycles. The van der Waals surface area contributed by atoms with Crippen molar-refractivity contribution in [2.45, 2.75) is 38.5 Å². The van der Waals surface area contributed by atoms with Gasteiger partial charge in [-0.05, 0) is 36.9 Å². The summed E-state index contributed by atoms with van der Waals surface area (Å²) in [6.07, 6.45) is 5.87. The summed E-state index contributed by atoms with van der Waals surface area (Å²) in [6.45, 7) is 0.984. The lowest BCUT2D eigenvalue weighted by Gasteiger charge is -2.35. The molecule has 0 bridgehead atoms. The number of hydrogen-bond acceptors (Lipinski definition) is 4. The van der Waals surface area contributed by atoms with Crippen molar-refractivity contribution in [3.05, 3.63) is 35.4 Å². The monoisotopic (exact) mass is 343 g/mol. The van der Waals surface area contributed by atoms with Crippen molar-refractivity contribution in [3.63, 3.8) is 0 Å². The fraction of sp³-hybridized carbons (Fsp3) is 0.526. The number of amides is 3. The van der Waals surface area contributed by atoms with Crippen LogP contribution in [0.3, 0.4) is 0 Å². The number of carbonyl (C=O) groups excluding carboxylic acids is 3. The Balaban J connectivity index is 1.51. The molecule has 0 atom stereocenters. The average molecular weight is 343 g/mol. The molecule has 0 saturated heterocycles. The Labute approximate surface area is 147 Å². The van der Waals surface area contributed by atoms with Gasteiger partial charge < -0.3 is 11.1 Å². The van der Waals surface area contributed by atoms with E-state index in [-0.39, 0.29) is 36.2 Å². The van der Waals surface area contributed by atoms with Gasteiger partial charge >= 0.3 is 0 Å². The molecule has 134 valence electrons. The van der Waals surface area contributed by atoms with Gasteiger partial charge in [-0.15, -0.1) is 0 Å². The fourth-order valence-corrected chi connectivity index (χ4v) is 3.91. The molecule has 0 aromatic heterocycles. The lowest BCUT2D eigenvalue weighted by Crippen LogP contribution is -2.41. The van der Waals surface area contributed by atoms with Gasteiger partial charge in [-0.2, -0.15) is 0 Å². The summed E-state index contributed by atoms with van der Waals surface area (Å²) in [5.41, 5.74) is 6.70. The molecule has 2 aliphatic rings. The second-order valence-corrected chi connectivity index (χ2v) is 7.10. The Morgan fingerprint density at radius 1 is 1.08 bits per heavy atom. The first-order valence-electron chi connectivity index (χ1n) is 8.98. The topological polar surface area (TPSA) is 92.5 Å². The van der Waals surface area contributed by atoms with Gasteiger partial charge in [0.05, 0.1) is 11.1 Å². The predicted molar refractivity (Wildman–Crippen MR) is 94.0 cm³/mol. The Bertz CT molecular complexity index is 645. The molecule has 3 amide bonds. The predicted octanol–water partition coefficient (Wildman–Crippen LogP) is 1.70. The van der Waals surface area contributed by atoms with E-state index >= 15 is 0 Å². The number of rotatable bonds is 6. The Morgan fingerprint density at radius 3 is 2.24 bits per heavy atom. The minimum atomic E-state index is -0.291. The summed E-state index contributed by atoms with van der Waals surface area (Å²) in [5.74, 6) is -0.634. The lowest BCUT2D eigenvalue weighted by atomic mass is 9.71. The highest BCUT2D eigenvalue weighted by Gasteiger charge is 2.35. The van der Waals surface area contributed by atoms with Crippen LogP contribution in [0.1, 0.15) is 59.2 Å². The van der Waals surface area contributed by atoms with E-state index in [9.17, 15) is 14.4 Å². The molecular weight excluding hydrogens is 318 g/mol. The van der Waals surface area contributed by atoms with E-state index in [0.29, 0.717) is 24.1 Å². The zero-order chi connectivity index (χ0) is 17.9. The van der Waals surface area contributed by atoms with Gasteiger partial charge in [0.2, 0.25) is 5.91 Å². The molecule has 1 fully saturated rings. The highest BCUT2D eigenvalue weighted by Crippen LogP contribution is 2.38.